The molecule has 24 heavy (non-hydrogen) atoms. The summed E-state index contributed by atoms with van der Waals surface area (Å²) in [6.07, 6.45) is 0.871. The fraction of sp³-hybridized carbons (Fsp3) is 0.350. The second kappa shape index (κ2) is 7.14. The Hall–Kier alpha value is -2.20. The molecule has 1 aliphatic rings. The molecule has 2 aromatic rings. The van der Waals surface area contributed by atoms with Crippen molar-refractivity contribution in [1.29, 1.82) is 0 Å². The lowest BCUT2D eigenvalue weighted by Gasteiger charge is -2.30. The number of rotatable bonds is 3. The van der Waals surface area contributed by atoms with E-state index in [1.54, 1.807) is 12.1 Å². The first-order valence-corrected chi connectivity index (χ1v) is 8.43. The van der Waals surface area contributed by atoms with Gasteiger partial charge in [-0.05, 0) is 55.6 Å². The van der Waals surface area contributed by atoms with Crippen LogP contribution in [0.2, 0.25) is 0 Å². The molecule has 2 N–H and O–H groups in total. The van der Waals surface area contributed by atoms with E-state index in [1.807, 2.05) is 31.2 Å². The number of amides is 1. The van der Waals surface area contributed by atoms with Gasteiger partial charge in [-0.2, -0.15) is 0 Å². The molecule has 1 fully saturated rings. The number of carbonyl (C=O) groups is 1. The van der Waals surface area contributed by atoms with E-state index in [2.05, 4.69) is 17.6 Å². The molecule has 0 bridgehead atoms. The first kappa shape index (κ1) is 16.7. The quantitative estimate of drug-likeness (QED) is 0.906. The zero-order valence-corrected chi connectivity index (χ0v) is 14.1. The number of hydrogen-bond donors (Lipinski definition) is 2. The number of aryl methyl sites for hydroxylation is 1. The van der Waals surface area contributed by atoms with Crippen molar-refractivity contribution in [2.45, 2.75) is 26.3 Å². The Morgan fingerprint density at radius 3 is 2.54 bits per heavy atom. The molecular weight excluding hydrogens is 303 g/mol. The molecule has 4 heteroatoms. The molecule has 0 saturated carbocycles. The van der Waals surface area contributed by atoms with E-state index >= 15 is 0 Å². The third-order valence-corrected chi connectivity index (χ3v) is 4.70. The third kappa shape index (κ3) is 3.65. The van der Waals surface area contributed by atoms with Crippen molar-refractivity contribution in [3.63, 3.8) is 0 Å². The molecule has 2 aromatic carbocycles. The first-order valence-electron chi connectivity index (χ1n) is 8.43. The van der Waals surface area contributed by atoms with Crippen LogP contribution in [0.25, 0.3) is 11.1 Å². The fourth-order valence-corrected chi connectivity index (χ4v) is 3.10. The smallest absolute Gasteiger partial charge is 0.254 e. The maximum Gasteiger partial charge on any atom is 0.254 e. The molecule has 2 atom stereocenters. The fourth-order valence-electron chi connectivity index (χ4n) is 3.10. The van der Waals surface area contributed by atoms with Gasteiger partial charge in [0.2, 0.25) is 0 Å². The lowest BCUT2D eigenvalue weighted by molar-refractivity contribution is 0.0910. The summed E-state index contributed by atoms with van der Waals surface area (Å²) in [5.74, 6) is -0.466. The summed E-state index contributed by atoms with van der Waals surface area (Å²) in [6.45, 7) is 5.86. The van der Waals surface area contributed by atoms with E-state index in [4.69, 9.17) is 0 Å². The molecule has 1 heterocycles. The Kier molecular flexibility index (Phi) is 4.95. The highest BCUT2D eigenvalue weighted by Crippen LogP contribution is 2.23. The summed E-state index contributed by atoms with van der Waals surface area (Å²) in [5.41, 5.74) is 2.99. The van der Waals surface area contributed by atoms with Crippen molar-refractivity contribution in [2.24, 2.45) is 5.92 Å². The number of piperidine rings is 1. The minimum Gasteiger partial charge on any atom is -0.349 e. The number of halogens is 1. The van der Waals surface area contributed by atoms with Gasteiger partial charge >= 0.3 is 0 Å². The molecule has 0 radical (unpaired) electrons. The van der Waals surface area contributed by atoms with E-state index in [9.17, 15) is 9.18 Å². The third-order valence-electron chi connectivity index (χ3n) is 4.70. The molecule has 0 spiro atoms. The van der Waals surface area contributed by atoms with E-state index in [-0.39, 0.29) is 17.5 Å². The predicted molar refractivity (Wildman–Crippen MR) is 94.5 cm³/mol. The predicted octanol–water partition coefficient (Wildman–Crippen LogP) is 3.53. The Labute approximate surface area is 142 Å². The lowest BCUT2D eigenvalue weighted by atomic mass is 9.95. The topological polar surface area (TPSA) is 41.1 Å². The van der Waals surface area contributed by atoms with Gasteiger partial charge in [0.05, 0.1) is 5.56 Å². The lowest BCUT2D eigenvalue weighted by Crippen LogP contribution is -2.48. The average molecular weight is 326 g/mol. The van der Waals surface area contributed by atoms with E-state index < -0.39 is 5.82 Å². The van der Waals surface area contributed by atoms with Gasteiger partial charge in [0.25, 0.3) is 5.91 Å². The van der Waals surface area contributed by atoms with Gasteiger partial charge in [-0.1, -0.05) is 42.8 Å². The highest BCUT2D eigenvalue weighted by Gasteiger charge is 2.24. The molecular formula is C20H23FN2O. The minimum atomic E-state index is -0.479. The largest absolute Gasteiger partial charge is 0.349 e. The van der Waals surface area contributed by atoms with Gasteiger partial charge in [0, 0.05) is 6.04 Å². The Morgan fingerprint density at radius 2 is 1.88 bits per heavy atom. The summed E-state index contributed by atoms with van der Waals surface area (Å²) in [6, 6.07) is 12.8. The van der Waals surface area contributed by atoms with Crippen LogP contribution in [-0.2, 0) is 0 Å². The van der Waals surface area contributed by atoms with Gasteiger partial charge in [0.1, 0.15) is 5.82 Å². The second-order valence-corrected chi connectivity index (χ2v) is 6.61. The van der Waals surface area contributed by atoms with Crippen molar-refractivity contribution in [2.75, 3.05) is 13.1 Å². The summed E-state index contributed by atoms with van der Waals surface area (Å²) in [7, 11) is 0. The van der Waals surface area contributed by atoms with Crippen LogP contribution in [0.1, 0.15) is 29.3 Å². The summed E-state index contributed by atoms with van der Waals surface area (Å²) in [4.78, 5) is 12.4. The highest BCUT2D eigenvalue weighted by molar-refractivity contribution is 5.95. The van der Waals surface area contributed by atoms with E-state index in [0.29, 0.717) is 5.92 Å². The summed E-state index contributed by atoms with van der Waals surface area (Å²) >= 11 is 0. The first-order chi connectivity index (χ1) is 11.5. The minimum absolute atomic E-state index is 0.0925. The molecule has 1 aliphatic heterocycles. The van der Waals surface area contributed by atoms with Crippen LogP contribution in [0.15, 0.2) is 42.5 Å². The van der Waals surface area contributed by atoms with Crippen molar-refractivity contribution in [1.82, 2.24) is 10.6 Å². The maximum absolute atomic E-state index is 14.4. The van der Waals surface area contributed by atoms with E-state index in [1.165, 1.54) is 6.07 Å². The normalized spacial score (nSPS) is 20.6. The van der Waals surface area contributed by atoms with Crippen molar-refractivity contribution >= 4 is 5.91 Å². The van der Waals surface area contributed by atoms with Crippen LogP contribution >= 0.6 is 0 Å². The number of benzene rings is 2. The van der Waals surface area contributed by atoms with E-state index in [0.717, 1.165) is 36.2 Å². The monoisotopic (exact) mass is 326 g/mol. The molecule has 3 nitrogen and oxygen atoms in total. The average Bonchev–Trinajstić information content (AvgIpc) is 2.57. The number of hydrogen-bond acceptors (Lipinski definition) is 2. The van der Waals surface area contributed by atoms with Crippen LogP contribution in [0, 0.1) is 18.7 Å². The van der Waals surface area contributed by atoms with Crippen LogP contribution in [0.5, 0.6) is 0 Å². The van der Waals surface area contributed by atoms with Gasteiger partial charge in [-0.15, -0.1) is 0 Å². The Balaban J connectivity index is 1.76. The standard InChI is InChI=1S/C20H23FN2O/c1-13-3-5-15(6-4-13)16-7-8-17(18(21)11-16)20(24)23-19-9-10-22-12-14(19)2/h3-8,11,14,19,22H,9-10,12H2,1-2H3,(H,23,24). The molecule has 2 unspecified atom stereocenters. The number of carbonyl (C=O) groups excluding carboxylic acids is 1. The summed E-state index contributed by atoms with van der Waals surface area (Å²) < 4.78 is 14.4. The van der Waals surface area contributed by atoms with Gasteiger partial charge in [-0.3, -0.25) is 4.79 Å². The zero-order valence-electron chi connectivity index (χ0n) is 14.1. The van der Waals surface area contributed by atoms with Crippen molar-refractivity contribution in [3.8, 4) is 11.1 Å². The van der Waals surface area contributed by atoms with Crippen molar-refractivity contribution in [3.05, 3.63) is 59.4 Å². The van der Waals surface area contributed by atoms with Gasteiger partial charge in [-0.25, -0.2) is 4.39 Å². The van der Waals surface area contributed by atoms with Gasteiger partial charge in [0.15, 0.2) is 0 Å². The van der Waals surface area contributed by atoms with Crippen molar-refractivity contribution < 1.29 is 9.18 Å². The molecule has 3 rings (SSSR count). The van der Waals surface area contributed by atoms with Crippen LogP contribution in [0.4, 0.5) is 4.39 Å². The van der Waals surface area contributed by atoms with Crippen LogP contribution < -0.4 is 10.6 Å². The Morgan fingerprint density at radius 1 is 1.17 bits per heavy atom. The Bertz CT molecular complexity index is 727. The molecule has 0 aliphatic carbocycles. The van der Waals surface area contributed by atoms with Crippen LogP contribution in [0.3, 0.4) is 0 Å². The van der Waals surface area contributed by atoms with Crippen LogP contribution in [-0.4, -0.2) is 25.0 Å². The molecule has 0 aromatic heterocycles. The SMILES string of the molecule is Cc1ccc(-c2ccc(C(=O)NC3CCNCC3C)c(F)c2)cc1. The second-order valence-electron chi connectivity index (χ2n) is 6.61. The highest BCUT2D eigenvalue weighted by atomic mass is 19.1. The number of nitrogens with one attached hydrogen (secondary N) is 2. The zero-order chi connectivity index (χ0) is 17.1. The maximum atomic E-state index is 14.4. The molecule has 1 saturated heterocycles. The summed E-state index contributed by atoms with van der Waals surface area (Å²) in [5, 5.41) is 6.27. The molecule has 126 valence electrons. The van der Waals surface area contributed by atoms with Gasteiger partial charge < -0.3 is 10.6 Å². The molecule has 1 amide bonds.